The van der Waals surface area contributed by atoms with Gasteiger partial charge in [0.25, 0.3) is 0 Å². The summed E-state index contributed by atoms with van der Waals surface area (Å²) in [7, 11) is 1.38. The minimum atomic E-state index is -0.373. The molecule has 0 spiro atoms. The molecule has 26 heavy (non-hydrogen) atoms. The number of carbonyl (C=O) groups is 1. The van der Waals surface area contributed by atoms with Gasteiger partial charge >= 0.3 is 5.97 Å². The van der Waals surface area contributed by atoms with Crippen molar-refractivity contribution in [2.24, 2.45) is 0 Å². The Bertz CT molecular complexity index is 948. The molecular weight excluding hydrogens is 354 g/mol. The van der Waals surface area contributed by atoms with E-state index in [1.807, 2.05) is 35.0 Å². The summed E-state index contributed by atoms with van der Waals surface area (Å²) in [6.45, 7) is 1.07. The lowest BCUT2D eigenvalue weighted by atomic mass is 10.0. The number of methoxy groups -OCH3 is 1. The molecule has 0 N–H and O–H groups in total. The van der Waals surface area contributed by atoms with Crippen LogP contribution in [0.2, 0.25) is 5.28 Å². The molecule has 0 radical (unpaired) electrons. The Balaban J connectivity index is 1.71. The highest BCUT2D eigenvalue weighted by molar-refractivity contribution is 6.28. The highest BCUT2D eigenvalue weighted by Gasteiger charge is 2.27. The van der Waals surface area contributed by atoms with Crippen LogP contribution in [0.1, 0.15) is 34.6 Å². The maximum Gasteiger partial charge on any atom is 0.341 e. The summed E-state index contributed by atoms with van der Waals surface area (Å²) in [5, 5.41) is 9.34. The van der Waals surface area contributed by atoms with Crippen LogP contribution >= 0.6 is 11.6 Å². The van der Waals surface area contributed by atoms with Crippen molar-refractivity contribution in [1.82, 2.24) is 24.5 Å². The first-order valence-electron chi connectivity index (χ1n) is 8.50. The van der Waals surface area contributed by atoms with Gasteiger partial charge in [0.05, 0.1) is 25.0 Å². The van der Waals surface area contributed by atoms with E-state index in [0.29, 0.717) is 17.1 Å². The number of esters is 1. The lowest BCUT2D eigenvalue weighted by Gasteiger charge is -2.13. The van der Waals surface area contributed by atoms with Gasteiger partial charge in [0.1, 0.15) is 5.56 Å². The maximum atomic E-state index is 12.3. The number of benzene rings is 1. The van der Waals surface area contributed by atoms with Gasteiger partial charge in [-0.25, -0.2) is 9.48 Å². The summed E-state index contributed by atoms with van der Waals surface area (Å²) in [5.74, 6) is 0.168. The second-order valence-corrected chi connectivity index (χ2v) is 6.51. The van der Waals surface area contributed by atoms with Gasteiger partial charge in [-0.2, -0.15) is 10.1 Å². The van der Waals surface area contributed by atoms with Gasteiger partial charge in [-0.3, -0.25) is 4.68 Å². The predicted octanol–water partition coefficient (Wildman–Crippen LogP) is 2.97. The van der Waals surface area contributed by atoms with Gasteiger partial charge in [0.2, 0.25) is 5.28 Å². The van der Waals surface area contributed by atoms with Crippen LogP contribution in [0, 0.1) is 0 Å². The van der Waals surface area contributed by atoms with Crippen molar-refractivity contribution in [2.45, 2.75) is 32.4 Å². The van der Waals surface area contributed by atoms with Gasteiger partial charge in [-0.1, -0.05) is 30.3 Å². The van der Waals surface area contributed by atoms with Gasteiger partial charge in [-0.05, 0) is 30.9 Å². The summed E-state index contributed by atoms with van der Waals surface area (Å²) in [6.07, 6.45) is 2.91. The molecule has 3 aromatic rings. The number of fused-ring (bicyclic) bond motifs is 1. The normalized spacial score (nSPS) is 13.5. The molecule has 0 saturated carbocycles. The Hall–Kier alpha value is -2.67. The van der Waals surface area contributed by atoms with Crippen LogP contribution < -0.4 is 0 Å². The Kier molecular flexibility index (Phi) is 4.46. The first-order valence-corrected chi connectivity index (χ1v) is 8.88. The molecule has 3 heterocycles. The van der Waals surface area contributed by atoms with Crippen molar-refractivity contribution in [1.29, 1.82) is 0 Å². The van der Waals surface area contributed by atoms with Gasteiger partial charge in [0, 0.05) is 12.1 Å². The predicted molar refractivity (Wildman–Crippen MR) is 96.1 cm³/mol. The van der Waals surface area contributed by atoms with Crippen molar-refractivity contribution in [3.8, 4) is 11.4 Å². The molecule has 1 aliphatic rings. The SMILES string of the molecule is COC(=O)c1c(Cn2nc(-c3ccccc3)nc2Cl)nn2c1CCCC2. The topological polar surface area (TPSA) is 74.8 Å². The third kappa shape index (κ3) is 2.99. The van der Waals surface area contributed by atoms with Crippen LogP contribution in [0.5, 0.6) is 0 Å². The van der Waals surface area contributed by atoms with Gasteiger partial charge < -0.3 is 4.74 Å². The maximum absolute atomic E-state index is 12.3. The van der Waals surface area contributed by atoms with E-state index in [1.165, 1.54) is 7.11 Å². The van der Waals surface area contributed by atoms with Crippen LogP contribution in [0.25, 0.3) is 11.4 Å². The van der Waals surface area contributed by atoms with Crippen LogP contribution in [0.15, 0.2) is 30.3 Å². The lowest BCUT2D eigenvalue weighted by molar-refractivity contribution is 0.0597. The Morgan fingerprint density at radius 2 is 2.04 bits per heavy atom. The highest BCUT2D eigenvalue weighted by Crippen LogP contribution is 2.25. The van der Waals surface area contributed by atoms with Crippen molar-refractivity contribution < 1.29 is 9.53 Å². The second-order valence-electron chi connectivity index (χ2n) is 6.17. The quantitative estimate of drug-likeness (QED) is 0.659. The molecular formula is C18H18ClN5O2. The average molecular weight is 372 g/mol. The van der Waals surface area contributed by atoms with E-state index in [1.54, 1.807) is 4.68 Å². The van der Waals surface area contributed by atoms with Crippen LogP contribution in [-0.2, 0) is 24.2 Å². The molecule has 0 amide bonds. The monoisotopic (exact) mass is 371 g/mol. The summed E-state index contributed by atoms with van der Waals surface area (Å²) in [6, 6.07) is 9.61. The Labute approximate surface area is 155 Å². The fourth-order valence-corrected chi connectivity index (χ4v) is 3.45. The minimum Gasteiger partial charge on any atom is -0.465 e. The van der Waals surface area contributed by atoms with Crippen LogP contribution in [0.4, 0.5) is 0 Å². The van der Waals surface area contributed by atoms with Gasteiger partial charge in [-0.15, -0.1) is 5.10 Å². The second kappa shape index (κ2) is 6.92. The molecule has 0 aliphatic carbocycles. The van der Waals surface area contributed by atoms with Crippen molar-refractivity contribution in [3.05, 3.63) is 52.6 Å². The molecule has 1 aromatic carbocycles. The zero-order chi connectivity index (χ0) is 18.1. The highest BCUT2D eigenvalue weighted by atomic mass is 35.5. The molecule has 0 atom stereocenters. The van der Waals surface area contributed by atoms with E-state index in [2.05, 4.69) is 15.2 Å². The Morgan fingerprint density at radius 1 is 1.23 bits per heavy atom. The Morgan fingerprint density at radius 3 is 2.81 bits per heavy atom. The summed E-state index contributed by atoms with van der Waals surface area (Å²) >= 11 is 6.28. The van der Waals surface area contributed by atoms with Crippen molar-refractivity contribution in [2.75, 3.05) is 7.11 Å². The molecule has 134 valence electrons. The molecule has 0 saturated heterocycles. The third-order valence-electron chi connectivity index (χ3n) is 4.51. The number of aromatic nitrogens is 5. The largest absolute Gasteiger partial charge is 0.465 e. The third-order valence-corrected chi connectivity index (χ3v) is 4.79. The number of halogens is 1. The summed E-state index contributed by atoms with van der Waals surface area (Å²) in [4.78, 5) is 16.6. The number of aryl methyl sites for hydroxylation is 1. The minimum absolute atomic E-state index is 0.255. The summed E-state index contributed by atoms with van der Waals surface area (Å²) in [5.41, 5.74) is 2.95. The van der Waals surface area contributed by atoms with E-state index >= 15 is 0 Å². The first kappa shape index (κ1) is 16.8. The van der Waals surface area contributed by atoms with E-state index in [9.17, 15) is 4.79 Å². The van der Waals surface area contributed by atoms with Crippen LogP contribution in [0.3, 0.4) is 0 Å². The fraction of sp³-hybridized carbons (Fsp3) is 0.333. The van der Waals surface area contributed by atoms with E-state index in [-0.39, 0.29) is 17.8 Å². The van der Waals surface area contributed by atoms with E-state index in [4.69, 9.17) is 16.3 Å². The fourth-order valence-electron chi connectivity index (χ4n) is 3.27. The molecule has 8 heteroatoms. The zero-order valence-corrected chi connectivity index (χ0v) is 15.1. The molecule has 4 rings (SSSR count). The number of nitrogens with zero attached hydrogens (tertiary/aromatic N) is 5. The molecule has 2 aromatic heterocycles. The van der Waals surface area contributed by atoms with Crippen LogP contribution in [-0.4, -0.2) is 37.6 Å². The van der Waals surface area contributed by atoms with Crippen molar-refractivity contribution >= 4 is 17.6 Å². The molecule has 7 nitrogen and oxygen atoms in total. The molecule has 0 unspecified atom stereocenters. The lowest BCUT2D eigenvalue weighted by Crippen LogP contribution is -2.14. The number of ether oxygens (including phenoxy) is 1. The van der Waals surface area contributed by atoms with E-state index in [0.717, 1.165) is 37.1 Å². The number of carbonyl (C=O) groups excluding carboxylic acids is 1. The molecule has 0 bridgehead atoms. The molecule has 0 fully saturated rings. The number of rotatable bonds is 4. The standard InChI is InChI=1S/C18H18ClN5O2/c1-26-17(25)15-13(21-23-10-6-5-9-14(15)23)11-24-18(19)20-16(22-24)12-7-3-2-4-8-12/h2-4,7-8H,5-6,9-11H2,1H3. The first-order chi connectivity index (χ1) is 12.7. The zero-order valence-electron chi connectivity index (χ0n) is 14.4. The van der Waals surface area contributed by atoms with E-state index < -0.39 is 0 Å². The number of hydrogen-bond donors (Lipinski definition) is 0. The van der Waals surface area contributed by atoms with Crippen molar-refractivity contribution in [3.63, 3.8) is 0 Å². The summed E-state index contributed by atoms with van der Waals surface area (Å²) < 4.78 is 8.43. The van der Waals surface area contributed by atoms with Gasteiger partial charge in [0.15, 0.2) is 5.82 Å². The number of hydrogen-bond acceptors (Lipinski definition) is 5. The average Bonchev–Trinajstić information content (AvgIpc) is 3.22. The smallest absolute Gasteiger partial charge is 0.341 e. The molecule has 1 aliphatic heterocycles.